The maximum absolute atomic E-state index is 9.36. The van der Waals surface area contributed by atoms with Crippen LogP contribution in [0.15, 0.2) is 30.5 Å². The highest BCUT2D eigenvalue weighted by Gasteiger charge is 2.20. The van der Waals surface area contributed by atoms with Crippen LogP contribution in [-0.4, -0.2) is 22.2 Å². The standard InChI is InChI=1S/C14H20N2O/c1-3-14(2,10-17)16-9-11-8-15-13-7-5-4-6-12(11)13/h4-8,15-17H,3,9-10H2,1-2H3. The maximum Gasteiger partial charge on any atom is 0.0610 e. The second-order valence-electron chi connectivity index (χ2n) is 4.79. The molecule has 1 atom stereocenters. The Hall–Kier alpha value is -1.32. The summed E-state index contributed by atoms with van der Waals surface area (Å²) in [4.78, 5) is 3.26. The van der Waals surface area contributed by atoms with E-state index in [-0.39, 0.29) is 12.1 Å². The number of H-pyrrole nitrogens is 1. The molecule has 1 aromatic carbocycles. The van der Waals surface area contributed by atoms with Crippen molar-refractivity contribution < 1.29 is 5.11 Å². The van der Waals surface area contributed by atoms with E-state index >= 15 is 0 Å². The van der Waals surface area contributed by atoms with Crippen molar-refractivity contribution >= 4 is 10.9 Å². The second kappa shape index (κ2) is 4.90. The summed E-state index contributed by atoms with van der Waals surface area (Å²) in [6, 6.07) is 8.26. The molecule has 0 radical (unpaired) electrons. The molecule has 0 saturated heterocycles. The number of hydrogen-bond acceptors (Lipinski definition) is 2. The van der Waals surface area contributed by atoms with Gasteiger partial charge in [-0.2, -0.15) is 0 Å². The number of rotatable bonds is 5. The summed E-state index contributed by atoms with van der Waals surface area (Å²) >= 11 is 0. The van der Waals surface area contributed by atoms with Gasteiger partial charge in [0.15, 0.2) is 0 Å². The molecule has 0 spiro atoms. The number of aromatic nitrogens is 1. The highest BCUT2D eigenvalue weighted by Crippen LogP contribution is 2.18. The van der Waals surface area contributed by atoms with Crippen LogP contribution in [0.4, 0.5) is 0 Å². The van der Waals surface area contributed by atoms with E-state index in [4.69, 9.17) is 0 Å². The van der Waals surface area contributed by atoms with Crippen LogP contribution in [0.1, 0.15) is 25.8 Å². The Bertz CT molecular complexity index is 486. The Labute approximate surface area is 102 Å². The Morgan fingerprint density at radius 1 is 1.35 bits per heavy atom. The topological polar surface area (TPSA) is 48.0 Å². The number of hydrogen-bond donors (Lipinski definition) is 3. The van der Waals surface area contributed by atoms with Crippen LogP contribution in [0.3, 0.4) is 0 Å². The normalized spacial score (nSPS) is 15.0. The van der Waals surface area contributed by atoms with Crippen LogP contribution < -0.4 is 5.32 Å². The van der Waals surface area contributed by atoms with E-state index in [1.54, 1.807) is 0 Å². The van der Waals surface area contributed by atoms with Crippen LogP contribution in [0.5, 0.6) is 0 Å². The number of aliphatic hydroxyl groups excluding tert-OH is 1. The van der Waals surface area contributed by atoms with Gasteiger partial charge in [0.25, 0.3) is 0 Å². The van der Waals surface area contributed by atoms with Crippen LogP contribution in [-0.2, 0) is 6.54 Å². The zero-order valence-corrected chi connectivity index (χ0v) is 10.5. The number of nitrogens with one attached hydrogen (secondary N) is 2. The summed E-state index contributed by atoms with van der Waals surface area (Å²) in [5, 5.41) is 14.0. The quantitative estimate of drug-likeness (QED) is 0.741. The summed E-state index contributed by atoms with van der Waals surface area (Å²) in [5.74, 6) is 0. The van der Waals surface area contributed by atoms with Gasteiger partial charge in [-0.3, -0.25) is 0 Å². The smallest absolute Gasteiger partial charge is 0.0610 e. The highest BCUT2D eigenvalue weighted by molar-refractivity contribution is 5.82. The molecule has 92 valence electrons. The molecular weight excluding hydrogens is 212 g/mol. The summed E-state index contributed by atoms with van der Waals surface area (Å²) in [6.45, 7) is 5.06. The molecule has 0 amide bonds. The summed E-state index contributed by atoms with van der Waals surface area (Å²) in [7, 11) is 0. The molecule has 1 unspecified atom stereocenters. The third kappa shape index (κ3) is 2.51. The van der Waals surface area contributed by atoms with E-state index in [0.29, 0.717) is 0 Å². The van der Waals surface area contributed by atoms with Gasteiger partial charge in [0.2, 0.25) is 0 Å². The lowest BCUT2D eigenvalue weighted by Gasteiger charge is -2.27. The molecule has 0 fully saturated rings. The van der Waals surface area contributed by atoms with Crippen LogP contribution in [0.25, 0.3) is 10.9 Å². The lowest BCUT2D eigenvalue weighted by atomic mass is 10.00. The van der Waals surface area contributed by atoms with Crippen molar-refractivity contribution in [2.75, 3.05) is 6.61 Å². The average molecular weight is 232 g/mol. The molecular formula is C14H20N2O. The number of aliphatic hydroxyl groups is 1. The zero-order valence-electron chi connectivity index (χ0n) is 10.5. The lowest BCUT2D eigenvalue weighted by molar-refractivity contribution is 0.169. The van der Waals surface area contributed by atoms with E-state index in [0.717, 1.165) is 18.5 Å². The van der Waals surface area contributed by atoms with Crippen molar-refractivity contribution in [3.8, 4) is 0 Å². The Balaban J connectivity index is 2.14. The van der Waals surface area contributed by atoms with Gasteiger partial charge in [-0.15, -0.1) is 0 Å². The molecule has 3 nitrogen and oxygen atoms in total. The van der Waals surface area contributed by atoms with E-state index in [1.165, 1.54) is 10.9 Å². The first-order valence-electron chi connectivity index (χ1n) is 6.09. The van der Waals surface area contributed by atoms with E-state index < -0.39 is 0 Å². The van der Waals surface area contributed by atoms with Gasteiger partial charge in [-0.05, 0) is 25.0 Å². The van der Waals surface area contributed by atoms with E-state index in [1.807, 2.05) is 25.3 Å². The molecule has 1 aromatic heterocycles. The van der Waals surface area contributed by atoms with Crippen molar-refractivity contribution in [2.45, 2.75) is 32.4 Å². The van der Waals surface area contributed by atoms with Crippen LogP contribution in [0.2, 0.25) is 0 Å². The Kier molecular flexibility index (Phi) is 3.50. The summed E-state index contributed by atoms with van der Waals surface area (Å²) in [6.07, 6.45) is 2.94. The van der Waals surface area contributed by atoms with Gasteiger partial charge in [0.05, 0.1) is 6.61 Å². The van der Waals surface area contributed by atoms with Gasteiger partial charge < -0.3 is 15.4 Å². The van der Waals surface area contributed by atoms with Gasteiger partial charge in [-0.25, -0.2) is 0 Å². The largest absolute Gasteiger partial charge is 0.394 e. The first-order chi connectivity index (χ1) is 8.18. The van der Waals surface area contributed by atoms with Gasteiger partial charge >= 0.3 is 0 Å². The lowest BCUT2D eigenvalue weighted by Crippen LogP contribution is -2.44. The highest BCUT2D eigenvalue weighted by atomic mass is 16.3. The van der Waals surface area contributed by atoms with Crippen molar-refractivity contribution in [2.24, 2.45) is 0 Å². The minimum atomic E-state index is -0.196. The summed E-state index contributed by atoms with van der Waals surface area (Å²) < 4.78 is 0. The van der Waals surface area contributed by atoms with Crippen molar-refractivity contribution in [3.05, 3.63) is 36.0 Å². The SMILES string of the molecule is CCC(C)(CO)NCc1c[nH]c2ccccc12. The predicted octanol–water partition coefficient (Wildman–Crippen LogP) is 2.42. The predicted molar refractivity (Wildman–Crippen MR) is 70.9 cm³/mol. The molecule has 0 bridgehead atoms. The monoisotopic (exact) mass is 232 g/mol. The van der Waals surface area contributed by atoms with Crippen molar-refractivity contribution in [1.82, 2.24) is 10.3 Å². The molecule has 17 heavy (non-hydrogen) atoms. The first-order valence-corrected chi connectivity index (χ1v) is 6.09. The fraction of sp³-hybridized carbons (Fsp3) is 0.429. The maximum atomic E-state index is 9.36. The number of aromatic amines is 1. The van der Waals surface area contributed by atoms with Crippen molar-refractivity contribution in [3.63, 3.8) is 0 Å². The molecule has 3 N–H and O–H groups in total. The van der Waals surface area contributed by atoms with E-state index in [2.05, 4.69) is 29.4 Å². The molecule has 0 aliphatic carbocycles. The Morgan fingerprint density at radius 2 is 2.12 bits per heavy atom. The second-order valence-corrected chi connectivity index (χ2v) is 4.79. The first kappa shape index (κ1) is 12.1. The van der Waals surface area contributed by atoms with Crippen LogP contribution >= 0.6 is 0 Å². The molecule has 3 heteroatoms. The molecule has 2 rings (SSSR count). The Morgan fingerprint density at radius 3 is 2.82 bits per heavy atom. The number of fused-ring (bicyclic) bond motifs is 1. The fourth-order valence-electron chi connectivity index (χ4n) is 1.88. The van der Waals surface area contributed by atoms with E-state index in [9.17, 15) is 5.11 Å². The molecule has 2 aromatic rings. The minimum Gasteiger partial charge on any atom is -0.394 e. The molecule has 0 saturated carbocycles. The van der Waals surface area contributed by atoms with Gasteiger partial charge in [-0.1, -0.05) is 25.1 Å². The average Bonchev–Trinajstić information content (AvgIpc) is 2.79. The van der Waals surface area contributed by atoms with Gasteiger partial charge in [0.1, 0.15) is 0 Å². The zero-order chi connectivity index (χ0) is 12.3. The molecule has 1 heterocycles. The van der Waals surface area contributed by atoms with Gasteiger partial charge in [0, 0.05) is 29.2 Å². The van der Waals surface area contributed by atoms with Crippen molar-refractivity contribution in [1.29, 1.82) is 0 Å². The minimum absolute atomic E-state index is 0.159. The third-order valence-electron chi connectivity index (χ3n) is 3.51. The summed E-state index contributed by atoms with van der Waals surface area (Å²) in [5.41, 5.74) is 2.21. The molecule has 0 aliphatic rings. The van der Waals surface area contributed by atoms with Crippen LogP contribution in [0, 0.1) is 0 Å². The molecule has 0 aliphatic heterocycles. The number of benzene rings is 1. The number of para-hydroxylation sites is 1. The third-order valence-corrected chi connectivity index (χ3v) is 3.51. The fourth-order valence-corrected chi connectivity index (χ4v) is 1.88.